The molecule has 1 aliphatic rings. The first-order valence-electron chi connectivity index (χ1n) is 9.74. The number of ether oxygens (including phenoxy) is 5. The second-order valence-corrected chi connectivity index (χ2v) is 6.99. The molecule has 12 heteroatoms. The highest BCUT2D eigenvalue weighted by Crippen LogP contribution is 2.61. The molecule has 9 nitrogen and oxygen atoms in total. The Morgan fingerprint density at radius 1 is 1.00 bits per heavy atom. The monoisotopic (exact) mass is 485 g/mol. The molecule has 0 aromatic heterocycles. The number of nitriles is 1. The third-order valence-electron chi connectivity index (χ3n) is 5.55. The van der Waals surface area contributed by atoms with Gasteiger partial charge in [-0.25, -0.2) is 9.59 Å². The van der Waals surface area contributed by atoms with Crippen molar-refractivity contribution in [1.82, 2.24) is 0 Å². The molecule has 0 bridgehead atoms. The van der Waals surface area contributed by atoms with Gasteiger partial charge in [0.25, 0.3) is 0 Å². The van der Waals surface area contributed by atoms with E-state index in [1.807, 2.05) is 0 Å². The van der Waals surface area contributed by atoms with Crippen LogP contribution in [-0.2, 0) is 44.2 Å². The van der Waals surface area contributed by atoms with E-state index in [1.54, 1.807) is 6.07 Å². The largest absolute Gasteiger partial charge is 0.466 e. The molecule has 2 unspecified atom stereocenters. The minimum atomic E-state index is -4.68. The Hall–Kier alpha value is -3.43. The second kappa shape index (κ2) is 9.82. The van der Waals surface area contributed by atoms with Crippen LogP contribution in [0.2, 0.25) is 0 Å². The van der Waals surface area contributed by atoms with E-state index < -0.39 is 57.9 Å². The van der Waals surface area contributed by atoms with Crippen molar-refractivity contribution in [2.75, 3.05) is 35.0 Å². The van der Waals surface area contributed by atoms with Crippen molar-refractivity contribution in [2.24, 2.45) is 5.41 Å². The summed E-state index contributed by atoms with van der Waals surface area (Å²) in [7, 11) is 3.99. The molecule has 0 amide bonds. The first kappa shape index (κ1) is 26.8. The second-order valence-electron chi connectivity index (χ2n) is 6.99. The molecule has 0 N–H and O–H groups in total. The van der Waals surface area contributed by atoms with Crippen molar-refractivity contribution in [3.63, 3.8) is 0 Å². The minimum Gasteiger partial charge on any atom is -0.466 e. The van der Waals surface area contributed by atoms with Gasteiger partial charge in [0, 0.05) is 14.2 Å². The van der Waals surface area contributed by atoms with E-state index in [1.165, 1.54) is 6.92 Å². The highest BCUT2D eigenvalue weighted by atomic mass is 19.4. The summed E-state index contributed by atoms with van der Waals surface area (Å²) in [5, 5.41) is 10.3. The number of hydrogen-bond donors (Lipinski definition) is 0. The van der Waals surface area contributed by atoms with Crippen molar-refractivity contribution in [1.29, 1.82) is 5.26 Å². The Morgan fingerprint density at radius 2 is 1.53 bits per heavy atom. The summed E-state index contributed by atoms with van der Waals surface area (Å²) in [6, 6.07) is 5.11. The van der Waals surface area contributed by atoms with Crippen molar-refractivity contribution in [3.8, 4) is 6.07 Å². The lowest BCUT2D eigenvalue weighted by Gasteiger charge is -2.40. The van der Waals surface area contributed by atoms with Crippen molar-refractivity contribution < 1.29 is 51.2 Å². The molecular weight excluding hydrogens is 463 g/mol. The van der Waals surface area contributed by atoms with E-state index in [-0.39, 0.29) is 12.2 Å². The highest BCUT2D eigenvalue weighted by Gasteiger charge is 2.75. The maximum Gasteiger partial charge on any atom is 0.416 e. The van der Waals surface area contributed by atoms with Crippen LogP contribution in [0.25, 0.3) is 0 Å². The van der Waals surface area contributed by atoms with Gasteiger partial charge in [-0.05, 0) is 24.6 Å². The molecule has 1 aromatic rings. The summed E-state index contributed by atoms with van der Waals surface area (Å²) in [4.78, 5) is 39.1. The lowest BCUT2D eigenvalue weighted by Crippen LogP contribution is -2.57. The molecule has 0 heterocycles. The van der Waals surface area contributed by atoms with Gasteiger partial charge in [-0.2, -0.15) is 18.4 Å². The Balaban J connectivity index is 3.07. The Kier molecular flexibility index (Phi) is 7.75. The number of nitrogens with zero attached hydrogens (tertiary/aromatic N) is 1. The van der Waals surface area contributed by atoms with Crippen LogP contribution in [0, 0.1) is 16.7 Å². The van der Waals surface area contributed by atoms with Gasteiger partial charge < -0.3 is 23.7 Å². The third kappa shape index (κ3) is 3.80. The van der Waals surface area contributed by atoms with Gasteiger partial charge in [0.2, 0.25) is 11.2 Å². The fourth-order valence-electron chi connectivity index (χ4n) is 4.17. The van der Waals surface area contributed by atoms with Gasteiger partial charge in [-0.1, -0.05) is 12.1 Å². The van der Waals surface area contributed by atoms with Gasteiger partial charge in [-0.15, -0.1) is 0 Å². The SMILES string of the molecule is CCOC(=O)C1(C#N)C(c2ccc(C(F)(F)F)cc2)C(C(=O)OC)=C(C(=O)OC)C1(OC)OC. The van der Waals surface area contributed by atoms with Gasteiger partial charge in [0.1, 0.15) is 5.57 Å². The van der Waals surface area contributed by atoms with Gasteiger partial charge in [0.15, 0.2) is 0 Å². The van der Waals surface area contributed by atoms with Crippen LogP contribution in [0.1, 0.15) is 24.0 Å². The molecule has 0 fully saturated rings. The zero-order valence-corrected chi connectivity index (χ0v) is 18.9. The van der Waals surface area contributed by atoms with Crippen LogP contribution in [0.5, 0.6) is 0 Å². The van der Waals surface area contributed by atoms with Crippen LogP contribution in [0.4, 0.5) is 13.2 Å². The van der Waals surface area contributed by atoms with Gasteiger partial charge in [-0.3, -0.25) is 4.79 Å². The molecule has 0 saturated heterocycles. The number of hydrogen-bond acceptors (Lipinski definition) is 9. The number of benzene rings is 1. The number of rotatable bonds is 7. The predicted molar refractivity (Wildman–Crippen MR) is 107 cm³/mol. The van der Waals surface area contributed by atoms with Gasteiger partial charge in [0.05, 0.1) is 44.0 Å². The molecule has 0 spiro atoms. The van der Waals surface area contributed by atoms with E-state index in [0.29, 0.717) is 12.1 Å². The maximum atomic E-state index is 13.3. The molecule has 184 valence electrons. The summed E-state index contributed by atoms with van der Waals surface area (Å²) in [5.41, 5.74) is -4.95. The molecule has 2 atom stereocenters. The average Bonchev–Trinajstić information content (AvgIpc) is 3.10. The summed E-state index contributed by atoms with van der Waals surface area (Å²) in [6.45, 7) is 1.23. The summed E-state index contributed by atoms with van der Waals surface area (Å²) < 4.78 is 64.9. The molecule has 2 rings (SSSR count). The smallest absolute Gasteiger partial charge is 0.416 e. The van der Waals surface area contributed by atoms with E-state index in [9.17, 15) is 32.8 Å². The lowest BCUT2D eigenvalue weighted by atomic mass is 9.69. The third-order valence-corrected chi connectivity index (χ3v) is 5.55. The van der Waals surface area contributed by atoms with E-state index in [2.05, 4.69) is 0 Å². The molecular formula is C22H22F3NO8. The number of alkyl halides is 3. The van der Waals surface area contributed by atoms with E-state index in [4.69, 9.17) is 23.7 Å². The fourth-order valence-corrected chi connectivity index (χ4v) is 4.17. The Morgan fingerprint density at radius 3 is 1.91 bits per heavy atom. The summed E-state index contributed by atoms with van der Waals surface area (Å²) >= 11 is 0. The molecule has 1 aromatic carbocycles. The van der Waals surface area contributed by atoms with Crippen LogP contribution in [-0.4, -0.2) is 58.7 Å². The summed E-state index contributed by atoms with van der Waals surface area (Å²) in [5.74, 6) is -7.84. The standard InChI is InChI=1S/C22H22F3NO8/c1-6-34-19(29)20(11-26)15(12-7-9-13(10-8-12)22(23,24)25)14(17(27)30-2)16(18(28)31-3)21(20,32-4)33-5/h7-10,15H,6H2,1-5H3. The van der Waals surface area contributed by atoms with Gasteiger partial charge >= 0.3 is 24.1 Å². The Labute approximate surface area is 193 Å². The van der Waals surface area contributed by atoms with Crippen molar-refractivity contribution in [2.45, 2.75) is 24.8 Å². The molecule has 0 radical (unpaired) electrons. The zero-order valence-electron chi connectivity index (χ0n) is 18.9. The molecule has 0 aliphatic heterocycles. The number of esters is 3. The average molecular weight is 485 g/mol. The first-order valence-corrected chi connectivity index (χ1v) is 9.74. The topological polar surface area (TPSA) is 121 Å². The minimum absolute atomic E-state index is 0.111. The predicted octanol–water partition coefficient (Wildman–Crippen LogP) is 2.51. The van der Waals surface area contributed by atoms with Crippen LogP contribution < -0.4 is 0 Å². The quantitative estimate of drug-likeness (QED) is 0.326. The van der Waals surface area contributed by atoms with Crippen LogP contribution >= 0.6 is 0 Å². The number of methoxy groups -OCH3 is 4. The molecule has 34 heavy (non-hydrogen) atoms. The fraction of sp³-hybridized carbons (Fsp3) is 0.455. The molecule has 0 saturated carbocycles. The first-order chi connectivity index (χ1) is 16.0. The van der Waals surface area contributed by atoms with Crippen LogP contribution in [0.3, 0.4) is 0 Å². The number of carbonyl (C=O) groups excluding carboxylic acids is 3. The lowest BCUT2D eigenvalue weighted by molar-refractivity contribution is -0.238. The van der Waals surface area contributed by atoms with E-state index >= 15 is 0 Å². The normalized spacial score (nSPS) is 21.6. The van der Waals surface area contributed by atoms with Crippen molar-refractivity contribution >= 4 is 17.9 Å². The summed E-state index contributed by atoms with van der Waals surface area (Å²) in [6.07, 6.45) is -4.68. The number of halogens is 3. The maximum absolute atomic E-state index is 13.3. The Bertz CT molecular complexity index is 1040. The molecule has 1 aliphatic carbocycles. The zero-order chi connectivity index (χ0) is 25.9. The number of carbonyl (C=O) groups is 3. The van der Waals surface area contributed by atoms with E-state index in [0.717, 1.165) is 40.6 Å². The highest BCUT2D eigenvalue weighted by molar-refractivity contribution is 6.08. The van der Waals surface area contributed by atoms with Crippen molar-refractivity contribution in [3.05, 3.63) is 46.5 Å². The van der Waals surface area contributed by atoms with Crippen LogP contribution in [0.15, 0.2) is 35.4 Å².